The molecule has 0 aromatic rings. The lowest BCUT2D eigenvalue weighted by molar-refractivity contribution is -0.298. The second-order valence-corrected chi connectivity index (χ2v) is 12.2. The third-order valence-electron chi connectivity index (χ3n) is 7.43. The minimum absolute atomic E-state index is 0.243. The topological polar surface area (TPSA) is 212 Å². The monoisotopic (exact) mass is 641 g/mol. The fourth-order valence-corrected chi connectivity index (χ4v) is 5.32. The number of unbranched alkanes of at least 4 members (excludes halogenated alkanes) is 11. The van der Waals surface area contributed by atoms with Gasteiger partial charge in [0, 0.05) is 0 Å². The molecule has 43 heavy (non-hydrogen) atoms. The van der Waals surface area contributed by atoms with Crippen molar-refractivity contribution in [3.05, 3.63) is 12.2 Å². The van der Waals surface area contributed by atoms with E-state index in [0.29, 0.717) is 12.8 Å². The van der Waals surface area contributed by atoms with Crippen molar-refractivity contribution in [3.63, 3.8) is 0 Å². The number of nitrogens with one attached hydrogen (secondary N) is 1. The third kappa shape index (κ3) is 16.6. The molecular weight excluding hydrogens is 586 g/mol. The summed E-state index contributed by atoms with van der Waals surface area (Å²) >= 11 is 0. The maximum absolute atomic E-state index is 12.8. The molecule has 0 bridgehead atoms. The van der Waals surface area contributed by atoms with Crippen LogP contribution in [0.1, 0.15) is 104 Å². The molecule has 0 saturated carbocycles. The molecule has 1 fully saturated rings. The fourth-order valence-electron chi connectivity index (χ4n) is 4.81. The summed E-state index contributed by atoms with van der Waals surface area (Å²) in [4.78, 5) is 12.8. The number of rotatable bonds is 24. The van der Waals surface area contributed by atoms with Gasteiger partial charge in [0.15, 0.2) is 6.29 Å². The van der Waals surface area contributed by atoms with Crippen LogP contribution in [0.5, 0.6) is 0 Å². The van der Waals surface area contributed by atoms with Crippen molar-refractivity contribution < 1.29 is 57.0 Å². The van der Waals surface area contributed by atoms with E-state index in [2.05, 4.69) is 23.3 Å². The molecule has 1 amide bonds. The van der Waals surface area contributed by atoms with E-state index in [1.54, 1.807) is 6.08 Å². The zero-order valence-electron chi connectivity index (χ0n) is 25.6. The molecule has 1 aliphatic rings. The molecule has 1 saturated heterocycles. The number of hydrogen-bond donors (Lipinski definition) is 7. The molecule has 1 aliphatic heterocycles. The Kier molecular flexibility index (Phi) is 20.7. The van der Waals surface area contributed by atoms with Gasteiger partial charge in [-0.15, -0.1) is 0 Å². The van der Waals surface area contributed by atoms with Crippen LogP contribution < -0.4 is 5.32 Å². The summed E-state index contributed by atoms with van der Waals surface area (Å²) in [6.07, 6.45) is 5.54. The second kappa shape index (κ2) is 22.3. The number of ether oxygens (including phenoxy) is 2. The number of aliphatic hydroxyl groups is 5. The SMILES string of the molecule is CCCCC/C=C/C(O)C(COC1OC(CO)C(O)C(OS(=O)(=O)O)C1O)NC(=O)C(O)CCCCCCCCCCC. The molecule has 7 N–H and O–H groups in total. The number of amides is 1. The van der Waals surface area contributed by atoms with Crippen LogP contribution in [0.4, 0.5) is 0 Å². The second-order valence-electron chi connectivity index (χ2n) is 11.2. The lowest BCUT2D eigenvalue weighted by Crippen LogP contribution is -2.61. The lowest BCUT2D eigenvalue weighted by Gasteiger charge is -2.41. The largest absolute Gasteiger partial charge is 0.397 e. The molecule has 0 aliphatic carbocycles. The first kappa shape index (κ1) is 39.8. The highest BCUT2D eigenvalue weighted by atomic mass is 32.3. The number of allylic oxidation sites excluding steroid dienone is 1. The van der Waals surface area contributed by atoms with Crippen LogP contribution in [0.3, 0.4) is 0 Å². The summed E-state index contributed by atoms with van der Waals surface area (Å²) in [7, 11) is -5.10. The molecule has 0 aromatic carbocycles. The highest BCUT2D eigenvalue weighted by Crippen LogP contribution is 2.26. The molecule has 0 aromatic heterocycles. The Bertz CT molecular complexity index is 874. The van der Waals surface area contributed by atoms with Crippen LogP contribution >= 0.6 is 0 Å². The van der Waals surface area contributed by atoms with Crippen molar-refractivity contribution in [2.24, 2.45) is 0 Å². The molecule has 0 radical (unpaired) electrons. The molecule has 13 nitrogen and oxygen atoms in total. The molecule has 1 heterocycles. The summed E-state index contributed by atoms with van der Waals surface area (Å²) in [5.41, 5.74) is 0. The van der Waals surface area contributed by atoms with Gasteiger partial charge in [0.05, 0.1) is 25.4 Å². The van der Waals surface area contributed by atoms with Gasteiger partial charge in [0.25, 0.3) is 0 Å². The predicted octanol–water partition coefficient (Wildman–Crippen LogP) is 1.89. The van der Waals surface area contributed by atoms with Crippen molar-refractivity contribution in [1.29, 1.82) is 0 Å². The maximum atomic E-state index is 12.8. The van der Waals surface area contributed by atoms with Crippen LogP contribution in [0.15, 0.2) is 12.2 Å². The third-order valence-corrected chi connectivity index (χ3v) is 7.89. The Morgan fingerprint density at radius 3 is 2.09 bits per heavy atom. The highest BCUT2D eigenvalue weighted by molar-refractivity contribution is 7.80. The van der Waals surface area contributed by atoms with Gasteiger partial charge in [-0.1, -0.05) is 96.6 Å². The van der Waals surface area contributed by atoms with E-state index in [0.717, 1.165) is 38.5 Å². The normalized spacial score (nSPS) is 25.1. The van der Waals surface area contributed by atoms with E-state index in [-0.39, 0.29) is 6.42 Å². The van der Waals surface area contributed by atoms with Gasteiger partial charge in [-0.2, -0.15) is 8.42 Å². The number of carbonyl (C=O) groups excluding carboxylic acids is 1. The molecule has 254 valence electrons. The van der Waals surface area contributed by atoms with Gasteiger partial charge >= 0.3 is 10.4 Å². The Morgan fingerprint density at radius 1 is 0.930 bits per heavy atom. The van der Waals surface area contributed by atoms with Crippen LogP contribution in [0, 0.1) is 0 Å². The zero-order valence-corrected chi connectivity index (χ0v) is 26.4. The Labute approximate surface area is 256 Å². The molecule has 1 rings (SSSR count). The van der Waals surface area contributed by atoms with Crippen LogP contribution in [0.2, 0.25) is 0 Å². The van der Waals surface area contributed by atoms with Crippen molar-refractivity contribution in [3.8, 4) is 0 Å². The summed E-state index contributed by atoms with van der Waals surface area (Å²) in [6, 6.07) is -1.11. The molecule has 8 unspecified atom stereocenters. The number of hydrogen-bond acceptors (Lipinski definition) is 11. The average molecular weight is 642 g/mol. The first-order valence-corrected chi connectivity index (χ1v) is 17.0. The van der Waals surface area contributed by atoms with E-state index >= 15 is 0 Å². The maximum Gasteiger partial charge on any atom is 0.397 e. The van der Waals surface area contributed by atoms with E-state index in [4.69, 9.17) is 14.0 Å². The van der Waals surface area contributed by atoms with E-state index < -0.39 is 78.5 Å². The van der Waals surface area contributed by atoms with Gasteiger partial charge in [-0.3, -0.25) is 9.35 Å². The van der Waals surface area contributed by atoms with Gasteiger partial charge in [0.2, 0.25) is 5.91 Å². The van der Waals surface area contributed by atoms with Gasteiger partial charge in [-0.25, -0.2) is 4.18 Å². The molecule has 8 atom stereocenters. The van der Waals surface area contributed by atoms with Crippen molar-refractivity contribution in [2.45, 2.75) is 153 Å². The first-order valence-electron chi connectivity index (χ1n) is 15.7. The highest BCUT2D eigenvalue weighted by Gasteiger charge is 2.48. The summed E-state index contributed by atoms with van der Waals surface area (Å²) < 4.78 is 46.8. The zero-order chi connectivity index (χ0) is 32.3. The quantitative estimate of drug-likeness (QED) is 0.0457. The van der Waals surface area contributed by atoms with Crippen LogP contribution in [-0.2, 0) is 28.9 Å². The summed E-state index contributed by atoms with van der Waals surface area (Å²) in [6.45, 7) is 2.98. The van der Waals surface area contributed by atoms with Crippen molar-refractivity contribution in [1.82, 2.24) is 5.32 Å². The Morgan fingerprint density at radius 2 is 1.51 bits per heavy atom. The first-order chi connectivity index (χ1) is 20.4. The van der Waals surface area contributed by atoms with Gasteiger partial charge < -0.3 is 40.3 Å². The van der Waals surface area contributed by atoms with E-state index in [1.165, 1.54) is 38.2 Å². The summed E-state index contributed by atoms with van der Waals surface area (Å²) in [5, 5.41) is 54.1. The summed E-state index contributed by atoms with van der Waals surface area (Å²) in [5.74, 6) is -0.715. The Balaban J connectivity index is 2.78. The minimum Gasteiger partial charge on any atom is -0.394 e. The van der Waals surface area contributed by atoms with Crippen LogP contribution in [0.25, 0.3) is 0 Å². The predicted molar refractivity (Wildman–Crippen MR) is 159 cm³/mol. The number of aliphatic hydroxyl groups excluding tert-OH is 5. The molecular formula is C29H55NO12S. The average Bonchev–Trinajstić information content (AvgIpc) is 2.96. The van der Waals surface area contributed by atoms with Crippen molar-refractivity contribution >= 4 is 16.3 Å². The molecule has 14 heteroatoms. The van der Waals surface area contributed by atoms with E-state index in [9.17, 15) is 38.7 Å². The smallest absolute Gasteiger partial charge is 0.394 e. The minimum atomic E-state index is -5.10. The molecule has 0 spiro atoms. The fraction of sp³-hybridized carbons (Fsp3) is 0.897. The van der Waals surface area contributed by atoms with Crippen molar-refractivity contribution in [2.75, 3.05) is 13.2 Å². The Hall–Kier alpha value is -1.20. The number of carbonyl (C=O) groups is 1. The lowest BCUT2D eigenvalue weighted by atomic mass is 9.99. The van der Waals surface area contributed by atoms with Gasteiger partial charge in [0.1, 0.15) is 30.5 Å². The van der Waals surface area contributed by atoms with Crippen LogP contribution in [-0.4, -0.2) is 107 Å². The van der Waals surface area contributed by atoms with E-state index in [1.807, 2.05) is 0 Å². The van der Waals surface area contributed by atoms with Gasteiger partial charge in [-0.05, 0) is 19.3 Å². The standard InChI is InChI=1S/C29H55NO12S/c1-3-5-7-9-10-11-12-14-16-18-23(33)28(36)30-21(22(32)17-15-13-8-6-4-2)20-40-29-26(35)27(42-43(37,38)39)25(34)24(19-31)41-29/h15,17,21-27,29,31-35H,3-14,16,18-20H2,1-2H3,(H,30,36)(H,37,38,39)/b17-15+.